The molecule has 1 aromatic carbocycles. The number of carboxylic acid groups (broad SMARTS) is 1. The molecule has 1 aromatic rings. The molecule has 0 fully saturated rings. The van der Waals surface area contributed by atoms with Gasteiger partial charge in [-0.15, -0.1) is 0 Å². The Kier molecular flexibility index (Phi) is 1.92. The van der Waals surface area contributed by atoms with E-state index in [0.29, 0.717) is 5.02 Å². The van der Waals surface area contributed by atoms with Crippen LogP contribution in [-0.4, -0.2) is 11.1 Å². The predicted molar refractivity (Wildman–Crippen MR) is 36.1 cm³/mol. The number of carbonyl (C=O) groups is 1. The molecule has 1 rings (SSSR count). The summed E-state index contributed by atoms with van der Waals surface area (Å²) < 4.78 is 0. The van der Waals surface area contributed by atoms with Crippen molar-refractivity contribution in [1.29, 1.82) is 0 Å². The lowest BCUT2D eigenvalue weighted by Gasteiger charge is -1.90. The number of halogens is 1. The van der Waals surface area contributed by atoms with Crippen molar-refractivity contribution in [2.45, 2.75) is 0 Å². The lowest BCUT2D eigenvalue weighted by Crippen LogP contribution is -1.94. The maximum atomic E-state index is 10.2. The summed E-state index contributed by atoms with van der Waals surface area (Å²) in [5.74, 6) is -1.02. The van der Waals surface area contributed by atoms with E-state index in [1.165, 1.54) is 12.1 Å². The fraction of sp³-hybridized carbons (Fsp3) is 0. The van der Waals surface area contributed by atoms with E-state index in [-0.39, 0.29) is 5.56 Å². The van der Waals surface area contributed by atoms with Gasteiger partial charge in [0.2, 0.25) is 0 Å². The van der Waals surface area contributed by atoms with Gasteiger partial charge >= 0.3 is 5.97 Å². The Morgan fingerprint density at radius 2 is 2.20 bits per heavy atom. The Labute approximate surface area is 63.1 Å². The van der Waals surface area contributed by atoms with Gasteiger partial charge < -0.3 is 5.11 Å². The van der Waals surface area contributed by atoms with Crippen LogP contribution in [0.4, 0.5) is 0 Å². The van der Waals surface area contributed by atoms with Crippen LogP contribution in [0.5, 0.6) is 0 Å². The summed E-state index contributed by atoms with van der Waals surface area (Å²) in [5.41, 5.74) is 0.0735. The standard InChI is InChI=1S/C7H3ClO2/c8-6-3-1-5(2-4-6)7(9)10/h1,4H,(H,9,10). The first-order valence-corrected chi connectivity index (χ1v) is 2.90. The van der Waals surface area contributed by atoms with Crippen LogP contribution in [0.25, 0.3) is 0 Å². The van der Waals surface area contributed by atoms with Gasteiger partial charge in [-0.3, -0.25) is 0 Å². The number of rotatable bonds is 1. The topological polar surface area (TPSA) is 37.3 Å². The van der Waals surface area contributed by atoms with E-state index in [9.17, 15) is 4.79 Å². The molecular formula is C7H3ClO2. The Morgan fingerprint density at radius 3 is 2.60 bits per heavy atom. The van der Waals surface area contributed by atoms with Crippen LogP contribution in [0.3, 0.4) is 0 Å². The number of hydrogen-bond acceptors (Lipinski definition) is 1. The predicted octanol–water partition coefficient (Wildman–Crippen LogP) is 1.64. The number of benzene rings is 1. The Balaban J connectivity index is 3.00. The zero-order valence-electron chi connectivity index (χ0n) is 4.89. The second-order valence-corrected chi connectivity index (χ2v) is 2.05. The van der Waals surface area contributed by atoms with Gasteiger partial charge in [-0.2, -0.15) is 0 Å². The van der Waals surface area contributed by atoms with Crippen molar-refractivity contribution in [1.82, 2.24) is 0 Å². The van der Waals surface area contributed by atoms with Crippen molar-refractivity contribution in [2.24, 2.45) is 0 Å². The fourth-order valence-corrected chi connectivity index (χ4v) is 0.598. The van der Waals surface area contributed by atoms with Crippen molar-refractivity contribution < 1.29 is 9.90 Å². The maximum absolute atomic E-state index is 10.2. The normalized spacial score (nSPS) is 9.30. The molecule has 0 spiro atoms. The molecule has 0 unspecified atom stereocenters. The van der Waals surface area contributed by atoms with Crippen LogP contribution < -0.4 is 0 Å². The summed E-state index contributed by atoms with van der Waals surface area (Å²) in [6.45, 7) is 0. The molecule has 0 heterocycles. The molecule has 0 saturated carbocycles. The van der Waals surface area contributed by atoms with E-state index in [0.717, 1.165) is 0 Å². The lowest BCUT2D eigenvalue weighted by atomic mass is 10.2. The molecule has 0 aliphatic rings. The number of aromatic carboxylic acids is 1. The molecule has 0 aliphatic heterocycles. The second kappa shape index (κ2) is 2.71. The quantitative estimate of drug-likeness (QED) is 0.668. The lowest BCUT2D eigenvalue weighted by molar-refractivity contribution is 0.0696. The van der Waals surface area contributed by atoms with E-state index in [1.807, 2.05) is 0 Å². The van der Waals surface area contributed by atoms with E-state index >= 15 is 0 Å². The van der Waals surface area contributed by atoms with E-state index < -0.39 is 5.97 Å². The molecule has 3 heteroatoms. The molecule has 0 saturated heterocycles. The molecule has 0 atom stereocenters. The number of hydrogen-bond donors (Lipinski definition) is 1. The summed E-state index contributed by atoms with van der Waals surface area (Å²) in [6.07, 6.45) is 0. The second-order valence-electron chi connectivity index (χ2n) is 1.64. The van der Waals surface area contributed by atoms with Crippen molar-refractivity contribution >= 4 is 17.6 Å². The molecule has 2 nitrogen and oxygen atoms in total. The average Bonchev–Trinajstić information content (AvgIpc) is 1.88. The van der Waals surface area contributed by atoms with Crippen LogP contribution in [0.2, 0.25) is 5.02 Å². The largest absolute Gasteiger partial charge is 0.478 e. The van der Waals surface area contributed by atoms with Gasteiger partial charge in [0.15, 0.2) is 0 Å². The van der Waals surface area contributed by atoms with Crippen LogP contribution in [0, 0.1) is 12.1 Å². The molecule has 50 valence electrons. The molecular weight excluding hydrogens is 152 g/mol. The smallest absolute Gasteiger partial charge is 0.336 e. The van der Waals surface area contributed by atoms with Crippen molar-refractivity contribution in [2.75, 3.05) is 0 Å². The monoisotopic (exact) mass is 154 g/mol. The minimum atomic E-state index is -1.02. The van der Waals surface area contributed by atoms with E-state index in [2.05, 4.69) is 12.1 Å². The molecule has 2 radical (unpaired) electrons. The third kappa shape index (κ3) is 1.48. The van der Waals surface area contributed by atoms with Crippen LogP contribution in [0.15, 0.2) is 12.1 Å². The van der Waals surface area contributed by atoms with Gasteiger partial charge in [0.25, 0.3) is 0 Å². The molecule has 1 N–H and O–H groups in total. The maximum Gasteiger partial charge on any atom is 0.336 e. The third-order valence-corrected chi connectivity index (χ3v) is 1.16. The molecule has 0 amide bonds. The summed E-state index contributed by atoms with van der Waals surface area (Å²) >= 11 is 5.44. The third-order valence-electron chi connectivity index (χ3n) is 0.939. The minimum Gasteiger partial charge on any atom is -0.478 e. The minimum absolute atomic E-state index is 0.0735. The highest BCUT2D eigenvalue weighted by molar-refractivity contribution is 6.30. The van der Waals surface area contributed by atoms with E-state index in [4.69, 9.17) is 16.7 Å². The summed E-state index contributed by atoms with van der Waals surface area (Å²) in [6, 6.07) is 7.66. The van der Waals surface area contributed by atoms with Crippen molar-refractivity contribution in [3.05, 3.63) is 34.9 Å². The van der Waals surface area contributed by atoms with Crippen LogP contribution >= 0.6 is 11.6 Å². The van der Waals surface area contributed by atoms with Gasteiger partial charge in [-0.25, -0.2) is 4.79 Å². The zero-order valence-corrected chi connectivity index (χ0v) is 5.64. The molecule has 0 bridgehead atoms. The van der Waals surface area contributed by atoms with Crippen LogP contribution in [-0.2, 0) is 0 Å². The number of carboxylic acids is 1. The fourth-order valence-electron chi connectivity index (χ4n) is 0.489. The van der Waals surface area contributed by atoms with Gasteiger partial charge in [-0.05, 0) is 18.2 Å². The highest BCUT2D eigenvalue weighted by Crippen LogP contribution is 2.07. The molecule has 10 heavy (non-hydrogen) atoms. The first kappa shape index (κ1) is 7.09. The van der Waals surface area contributed by atoms with Gasteiger partial charge in [-0.1, -0.05) is 11.6 Å². The van der Waals surface area contributed by atoms with Crippen molar-refractivity contribution in [3.8, 4) is 0 Å². The van der Waals surface area contributed by atoms with Crippen LogP contribution in [0.1, 0.15) is 10.4 Å². The summed E-state index contributed by atoms with van der Waals surface area (Å²) in [7, 11) is 0. The molecule has 0 aliphatic carbocycles. The Bertz CT molecular complexity index is 240. The highest BCUT2D eigenvalue weighted by atomic mass is 35.5. The highest BCUT2D eigenvalue weighted by Gasteiger charge is 2.00. The summed E-state index contributed by atoms with van der Waals surface area (Å²) in [4.78, 5) is 10.2. The Morgan fingerprint density at radius 1 is 1.50 bits per heavy atom. The first-order chi connectivity index (χ1) is 4.70. The first-order valence-electron chi connectivity index (χ1n) is 2.52. The van der Waals surface area contributed by atoms with Gasteiger partial charge in [0.1, 0.15) is 0 Å². The molecule has 0 aromatic heterocycles. The van der Waals surface area contributed by atoms with E-state index in [1.54, 1.807) is 0 Å². The summed E-state index contributed by atoms with van der Waals surface area (Å²) in [5, 5.41) is 8.75. The van der Waals surface area contributed by atoms with Gasteiger partial charge in [0, 0.05) is 11.1 Å². The average molecular weight is 155 g/mol. The Hall–Kier alpha value is -1.02. The van der Waals surface area contributed by atoms with Crippen molar-refractivity contribution in [3.63, 3.8) is 0 Å². The van der Waals surface area contributed by atoms with Gasteiger partial charge in [0.05, 0.1) is 5.56 Å². The zero-order chi connectivity index (χ0) is 7.56. The SMILES string of the molecule is O=C(O)c1[c]cc(Cl)[c]c1.